The average molecular weight is 457 g/mol. The van der Waals surface area contributed by atoms with Crippen molar-refractivity contribution < 1.29 is 14.3 Å². The van der Waals surface area contributed by atoms with E-state index in [1.54, 1.807) is 39.0 Å². The Bertz CT molecular complexity index is 892. The number of ether oxygens (including phenoxy) is 1. The first kappa shape index (κ1) is 21.5. The van der Waals surface area contributed by atoms with Gasteiger partial charge in [-0.25, -0.2) is 9.78 Å². The van der Waals surface area contributed by atoms with Gasteiger partial charge >= 0.3 is 5.97 Å². The van der Waals surface area contributed by atoms with Crippen LogP contribution in [0.25, 0.3) is 10.2 Å². The second-order valence-corrected chi connectivity index (χ2v) is 11.5. The molecular weight excluding hydrogens is 436 g/mol. The van der Waals surface area contributed by atoms with Gasteiger partial charge in [-0.05, 0) is 56.2 Å². The Morgan fingerprint density at radius 1 is 1.39 bits per heavy atom. The third kappa shape index (κ3) is 4.50. The molecule has 1 aliphatic heterocycles. The fraction of sp³-hybridized carbons (Fsp3) is 0.421. The van der Waals surface area contributed by atoms with Crippen molar-refractivity contribution in [3.63, 3.8) is 0 Å². The summed E-state index contributed by atoms with van der Waals surface area (Å²) in [5, 5.41) is -1.07. The van der Waals surface area contributed by atoms with E-state index < -0.39 is 23.0 Å². The quantitative estimate of drug-likeness (QED) is 0.198. The minimum atomic E-state index is -0.852. The number of carbonyl (C=O) groups is 2. The normalized spacial score (nSPS) is 20.8. The molecule has 5 nitrogen and oxygen atoms in total. The van der Waals surface area contributed by atoms with Crippen LogP contribution in [-0.2, 0) is 14.3 Å². The first-order valence-corrected chi connectivity index (χ1v) is 12.1. The van der Waals surface area contributed by atoms with Crippen LogP contribution in [0.2, 0.25) is 0 Å². The highest BCUT2D eigenvalue weighted by Crippen LogP contribution is 2.46. The van der Waals surface area contributed by atoms with Crippen LogP contribution in [0.1, 0.15) is 27.7 Å². The fourth-order valence-corrected chi connectivity index (χ4v) is 7.15. The Hall–Kier alpha value is -1.22. The van der Waals surface area contributed by atoms with Crippen molar-refractivity contribution >= 4 is 66.6 Å². The Morgan fingerprint density at radius 2 is 2.07 bits per heavy atom. The highest BCUT2D eigenvalue weighted by atomic mass is 35.5. The van der Waals surface area contributed by atoms with Crippen molar-refractivity contribution in [1.82, 2.24) is 9.88 Å². The van der Waals surface area contributed by atoms with Crippen LogP contribution in [0.5, 0.6) is 0 Å². The lowest BCUT2D eigenvalue weighted by Gasteiger charge is -2.47. The van der Waals surface area contributed by atoms with E-state index in [2.05, 4.69) is 11.6 Å². The molecule has 1 amide bonds. The summed E-state index contributed by atoms with van der Waals surface area (Å²) in [4.78, 5) is 31.2. The summed E-state index contributed by atoms with van der Waals surface area (Å²) in [5.41, 5.74) is 0.826. The average Bonchev–Trinajstić information content (AvgIpc) is 3.01. The van der Waals surface area contributed by atoms with E-state index in [1.165, 1.54) is 26.5 Å². The monoisotopic (exact) mass is 456 g/mol. The Kier molecular flexibility index (Phi) is 6.34. The number of carbonyl (C=O) groups excluding carboxylic acids is 2. The molecule has 3 rings (SSSR count). The van der Waals surface area contributed by atoms with Gasteiger partial charge in [-0.3, -0.25) is 4.79 Å². The van der Waals surface area contributed by atoms with Crippen LogP contribution in [-0.4, -0.2) is 44.2 Å². The van der Waals surface area contributed by atoms with Gasteiger partial charge in [-0.15, -0.1) is 22.9 Å². The summed E-state index contributed by atoms with van der Waals surface area (Å²) >= 11 is 7.85. The maximum Gasteiger partial charge on any atom is 0.333 e. The lowest BCUT2D eigenvalue weighted by Crippen LogP contribution is -2.66. The summed E-state index contributed by atoms with van der Waals surface area (Å²) in [6.45, 7) is 11.0. The molecule has 0 saturated carbocycles. The molecule has 1 saturated heterocycles. The van der Waals surface area contributed by atoms with Crippen molar-refractivity contribution in [2.45, 2.75) is 54.4 Å². The molecule has 28 heavy (non-hydrogen) atoms. The number of hydrogen-bond acceptors (Lipinski definition) is 7. The number of benzene rings is 1. The second-order valence-electron chi connectivity index (χ2n) is 7.45. The van der Waals surface area contributed by atoms with Gasteiger partial charge in [0, 0.05) is 0 Å². The predicted octanol–water partition coefficient (Wildman–Crippen LogP) is 5.10. The molecule has 150 valence electrons. The van der Waals surface area contributed by atoms with E-state index in [9.17, 15) is 9.59 Å². The smallest absolute Gasteiger partial charge is 0.333 e. The molecule has 0 N–H and O–H groups in total. The van der Waals surface area contributed by atoms with Crippen LogP contribution in [0, 0.1) is 0 Å². The molecule has 1 aromatic heterocycles. The van der Waals surface area contributed by atoms with Gasteiger partial charge < -0.3 is 9.64 Å². The molecule has 3 atom stereocenters. The van der Waals surface area contributed by atoms with Crippen LogP contribution < -0.4 is 0 Å². The number of β-lactam (4-membered cyclic amide) rings is 1. The highest BCUT2D eigenvalue weighted by Gasteiger charge is 2.53. The molecule has 1 aliphatic rings. The van der Waals surface area contributed by atoms with Crippen molar-refractivity contribution in [3.8, 4) is 0 Å². The molecule has 9 heteroatoms. The molecular formula is C19H21ClN2O3S3. The third-order valence-corrected chi connectivity index (χ3v) is 8.48. The van der Waals surface area contributed by atoms with Crippen molar-refractivity contribution in [2.75, 3.05) is 0 Å². The number of fused-ring (bicyclic) bond motifs is 1. The molecule has 0 aliphatic carbocycles. The largest absolute Gasteiger partial charge is 0.458 e. The van der Waals surface area contributed by atoms with E-state index in [4.69, 9.17) is 16.3 Å². The zero-order chi connectivity index (χ0) is 20.6. The van der Waals surface area contributed by atoms with E-state index in [1.807, 2.05) is 24.3 Å². The summed E-state index contributed by atoms with van der Waals surface area (Å²) < 4.78 is 7.46. The number of aromatic nitrogens is 1. The maximum absolute atomic E-state index is 12.7. The van der Waals surface area contributed by atoms with Gasteiger partial charge in [-0.2, -0.15) is 0 Å². The standard InChI is InChI=1S/C19H21ClN2O3S3/c1-10(2)14(17(24)25-19(3,4)5)22-15(23)13(20)16(22)27-28-18-21-11-8-6-7-9-12(11)26-18/h6-9,13-14,16H,1H2,2-5H3/t13-,14+,16?/m0/s1. The van der Waals surface area contributed by atoms with E-state index >= 15 is 0 Å². The summed E-state index contributed by atoms with van der Waals surface area (Å²) in [5.74, 6) is -0.782. The zero-order valence-corrected chi connectivity index (χ0v) is 19.2. The number of esters is 1. The van der Waals surface area contributed by atoms with Gasteiger partial charge in [0.2, 0.25) is 5.91 Å². The number of thiazole rings is 1. The summed E-state index contributed by atoms with van der Waals surface area (Å²) in [6, 6.07) is 7.05. The molecule has 0 bridgehead atoms. The van der Waals surface area contributed by atoms with Gasteiger partial charge in [0.05, 0.1) is 10.2 Å². The minimum Gasteiger partial charge on any atom is -0.458 e. The van der Waals surface area contributed by atoms with Crippen LogP contribution >= 0.6 is 44.5 Å². The fourth-order valence-electron chi connectivity index (χ4n) is 2.70. The first-order chi connectivity index (χ1) is 13.1. The number of nitrogens with zero attached hydrogens (tertiary/aromatic N) is 2. The number of hydrogen-bond donors (Lipinski definition) is 0. The van der Waals surface area contributed by atoms with E-state index in [-0.39, 0.29) is 11.3 Å². The molecule has 0 spiro atoms. The number of para-hydroxylation sites is 1. The zero-order valence-electron chi connectivity index (χ0n) is 16.0. The van der Waals surface area contributed by atoms with Gasteiger partial charge in [0.25, 0.3) is 0 Å². The SMILES string of the molecule is C=C(C)[C@H](C(=O)OC(C)(C)C)N1C(=O)[C@H](Cl)C1SSc1nc2ccccc2s1. The molecule has 2 aromatic rings. The molecule has 1 fully saturated rings. The van der Waals surface area contributed by atoms with Crippen LogP contribution in [0.4, 0.5) is 0 Å². The van der Waals surface area contributed by atoms with Gasteiger partial charge in [-0.1, -0.05) is 29.5 Å². The summed E-state index contributed by atoms with van der Waals surface area (Å²) in [7, 11) is 2.88. The Balaban J connectivity index is 1.74. The van der Waals surface area contributed by atoms with Crippen molar-refractivity contribution in [3.05, 3.63) is 36.4 Å². The van der Waals surface area contributed by atoms with E-state index in [0.29, 0.717) is 5.57 Å². The number of halogens is 1. The topological polar surface area (TPSA) is 59.5 Å². The second kappa shape index (κ2) is 8.26. The number of likely N-dealkylation sites (tertiary alicyclic amines) is 1. The molecule has 1 unspecified atom stereocenters. The van der Waals surface area contributed by atoms with Crippen LogP contribution in [0.15, 0.2) is 40.8 Å². The Labute approximate surface area is 181 Å². The number of alkyl halides is 1. The van der Waals surface area contributed by atoms with Crippen molar-refractivity contribution in [1.29, 1.82) is 0 Å². The lowest BCUT2D eigenvalue weighted by atomic mass is 10.0. The van der Waals surface area contributed by atoms with Gasteiger partial charge in [0.15, 0.2) is 10.4 Å². The lowest BCUT2D eigenvalue weighted by molar-refractivity contribution is -0.167. The molecule has 0 radical (unpaired) electrons. The number of amides is 1. The van der Waals surface area contributed by atoms with Crippen molar-refractivity contribution in [2.24, 2.45) is 0 Å². The first-order valence-electron chi connectivity index (χ1n) is 8.62. The Morgan fingerprint density at radius 3 is 2.68 bits per heavy atom. The highest BCUT2D eigenvalue weighted by molar-refractivity contribution is 8.77. The molecule has 1 aromatic carbocycles. The third-order valence-electron chi connectivity index (χ3n) is 3.88. The van der Waals surface area contributed by atoms with E-state index in [0.717, 1.165) is 14.6 Å². The number of rotatable bonds is 6. The molecule has 2 heterocycles. The van der Waals surface area contributed by atoms with Crippen LogP contribution in [0.3, 0.4) is 0 Å². The maximum atomic E-state index is 12.7. The summed E-state index contributed by atoms with van der Waals surface area (Å²) in [6.07, 6.45) is 0. The minimum absolute atomic E-state index is 0.289. The predicted molar refractivity (Wildman–Crippen MR) is 118 cm³/mol. The van der Waals surface area contributed by atoms with Gasteiger partial charge in [0.1, 0.15) is 16.4 Å².